The molecule has 0 unspecified atom stereocenters. The average Bonchev–Trinajstić information content (AvgIpc) is 2.52. The lowest BCUT2D eigenvalue weighted by Crippen LogP contribution is -2.06. The van der Waals surface area contributed by atoms with Crippen LogP contribution in [0.4, 0.5) is 0 Å². The summed E-state index contributed by atoms with van der Waals surface area (Å²) in [5.41, 5.74) is 3.76. The normalized spacial score (nSPS) is 18.8. The average molecular weight is 212 g/mol. The SMILES string of the molecule is C=C/C=C\N=C1/C(=C)NC(C)=C1/C=C\C=C. The zero-order valence-electron chi connectivity index (χ0n) is 9.53. The van der Waals surface area contributed by atoms with Crippen molar-refractivity contribution >= 4 is 5.71 Å². The highest BCUT2D eigenvalue weighted by Gasteiger charge is 2.18. The molecule has 0 saturated carbocycles. The number of nitrogens with one attached hydrogen (secondary N) is 1. The first-order valence-corrected chi connectivity index (χ1v) is 5.02. The predicted molar refractivity (Wildman–Crippen MR) is 71.1 cm³/mol. The van der Waals surface area contributed by atoms with E-state index >= 15 is 0 Å². The Bertz CT molecular complexity index is 432. The van der Waals surface area contributed by atoms with Crippen LogP contribution in [0, 0.1) is 0 Å². The van der Waals surface area contributed by atoms with Gasteiger partial charge in [0.15, 0.2) is 0 Å². The number of hydrogen-bond donors (Lipinski definition) is 1. The summed E-state index contributed by atoms with van der Waals surface area (Å²) in [6.07, 6.45) is 10.8. The first-order valence-electron chi connectivity index (χ1n) is 5.02. The summed E-state index contributed by atoms with van der Waals surface area (Å²) in [4.78, 5) is 4.34. The Kier molecular flexibility index (Phi) is 4.28. The van der Waals surface area contributed by atoms with Crippen molar-refractivity contribution in [1.29, 1.82) is 0 Å². The van der Waals surface area contributed by atoms with Gasteiger partial charge in [0.2, 0.25) is 0 Å². The Morgan fingerprint density at radius 2 is 1.88 bits per heavy atom. The lowest BCUT2D eigenvalue weighted by molar-refractivity contribution is 1.05. The van der Waals surface area contributed by atoms with Gasteiger partial charge in [-0.25, -0.2) is 0 Å². The highest BCUT2D eigenvalue weighted by molar-refractivity contribution is 6.16. The van der Waals surface area contributed by atoms with Gasteiger partial charge in [-0.15, -0.1) is 0 Å². The molecule has 0 saturated heterocycles. The molecule has 82 valence electrons. The third-order valence-corrected chi connectivity index (χ3v) is 2.11. The van der Waals surface area contributed by atoms with Crippen LogP contribution in [0.15, 0.2) is 78.3 Å². The van der Waals surface area contributed by atoms with Gasteiger partial charge in [-0.2, -0.15) is 0 Å². The Morgan fingerprint density at radius 3 is 2.50 bits per heavy atom. The van der Waals surface area contributed by atoms with Crippen LogP contribution in [0.1, 0.15) is 6.92 Å². The minimum atomic E-state index is 0.815. The summed E-state index contributed by atoms with van der Waals surface area (Å²) in [5, 5.41) is 3.16. The van der Waals surface area contributed by atoms with E-state index in [0.29, 0.717) is 0 Å². The Morgan fingerprint density at radius 1 is 1.19 bits per heavy atom. The second kappa shape index (κ2) is 5.71. The molecule has 0 amide bonds. The molecule has 2 heteroatoms. The van der Waals surface area contributed by atoms with Gasteiger partial charge in [0.25, 0.3) is 0 Å². The van der Waals surface area contributed by atoms with Gasteiger partial charge in [0, 0.05) is 17.5 Å². The number of aliphatic imine (C=N–C) groups is 1. The van der Waals surface area contributed by atoms with Crippen LogP contribution in [0.3, 0.4) is 0 Å². The van der Waals surface area contributed by atoms with Gasteiger partial charge in [-0.3, -0.25) is 4.99 Å². The Balaban J connectivity index is 3.05. The van der Waals surface area contributed by atoms with Crippen LogP contribution >= 0.6 is 0 Å². The second-order valence-electron chi connectivity index (χ2n) is 3.29. The van der Waals surface area contributed by atoms with E-state index in [9.17, 15) is 0 Å². The lowest BCUT2D eigenvalue weighted by atomic mass is 10.1. The molecule has 2 nitrogen and oxygen atoms in total. The monoisotopic (exact) mass is 212 g/mol. The van der Waals surface area contributed by atoms with E-state index in [4.69, 9.17) is 0 Å². The molecule has 0 aromatic heterocycles. The summed E-state index contributed by atoms with van der Waals surface area (Å²) in [6, 6.07) is 0. The maximum atomic E-state index is 4.34. The standard InChI is InChI=1S/C14H16N2/c1-5-7-9-13-11(3)16-12(4)14(13)15-10-8-6-2/h5-10,16H,1-2,4H2,3H3/b9-7-,10-8-,15-14+. The molecule has 1 N–H and O–H groups in total. The maximum absolute atomic E-state index is 4.34. The summed E-state index contributed by atoms with van der Waals surface area (Å²) in [7, 11) is 0. The molecular weight excluding hydrogens is 196 g/mol. The van der Waals surface area contributed by atoms with Crippen LogP contribution in [0.25, 0.3) is 0 Å². The minimum Gasteiger partial charge on any atom is -0.357 e. The molecule has 0 spiro atoms. The molecule has 0 aliphatic carbocycles. The van der Waals surface area contributed by atoms with Gasteiger partial charge in [0.1, 0.15) is 0 Å². The van der Waals surface area contributed by atoms with Crippen molar-refractivity contribution in [2.75, 3.05) is 0 Å². The van der Waals surface area contributed by atoms with Crippen molar-refractivity contribution < 1.29 is 0 Å². The zero-order valence-corrected chi connectivity index (χ0v) is 9.53. The molecule has 0 bridgehead atoms. The van der Waals surface area contributed by atoms with Crippen LogP contribution in [-0.4, -0.2) is 5.71 Å². The van der Waals surface area contributed by atoms with E-state index in [1.54, 1.807) is 24.4 Å². The quantitative estimate of drug-likeness (QED) is 0.711. The van der Waals surface area contributed by atoms with Crippen molar-refractivity contribution in [3.8, 4) is 0 Å². The van der Waals surface area contributed by atoms with Crippen molar-refractivity contribution in [2.24, 2.45) is 4.99 Å². The van der Waals surface area contributed by atoms with Crippen molar-refractivity contribution in [3.05, 3.63) is 73.3 Å². The van der Waals surface area contributed by atoms with Gasteiger partial charge >= 0.3 is 0 Å². The predicted octanol–water partition coefficient (Wildman–Crippen LogP) is 3.26. The van der Waals surface area contributed by atoms with Crippen molar-refractivity contribution in [3.63, 3.8) is 0 Å². The number of hydrogen-bond acceptors (Lipinski definition) is 2. The first-order chi connectivity index (χ1) is 7.70. The Labute approximate surface area is 96.8 Å². The maximum Gasteiger partial charge on any atom is 0.0947 e. The molecule has 0 fully saturated rings. The highest BCUT2D eigenvalue weighted by Crippen LogP contribution is 2.19. The summed E-state index contributed by atoms with van der Waals surface area (Å²) in [6.45, 7) is 13.2. The molecule has 1 rings (SSSR count). The Hall–Kier alpha value is -2.09. The van der Waals surface area contributed by atoms with Crippen LogP contribution in [0.2, 0.25) is 0 Å². The fourth-order valence-electron chi connectivity index (χ4n) is 1.39. The summed E-state index contributed by atoms with van der Waals surface area (Å²) < 4.78 is 0. The van der Waals surface area contributed by atoms with Gasteiger partial charge in [-0.1, -0.05) is 44.0 Å². The highest BCUT2D eigenvalue weighted by atomic mass is 15.0. The van der Waals surface area contributed by atoms with Gasteiger partial charge in [0.05, 0.1) is 11.4 Å². The minimum absolute atomic E-state index is 0.815. The molecule has 1 aliphatic heterocycles. The van der Waals surface area contributed by atoms with Crippen LogP contribution in [0.5, 0.6) is 0 Å². The molecular formula is C14H16N2. The molecule has 0 aromatic rings. The van der Waals surface area contributed by atoms with Gasteiger partial charge in [-0.05, 0) is 13.0 Å². The number of allylic oxidation sites excluding steroid dienone is 7. The molecule has 0 atom stereocenters. The van der Waals surface area contributed by atoms with E-state index in [1.165, 1.54) is 0 Å². The lowest BCUT2D eigenvalue weighted by Gasteiger charge is -1.97. The molecule has 1 heterocycles. The number of rotatable bonds is 4. The van der Waals surface area contributed by atoms with E-state index in [2.05, 4.69) is 30.0 Å². The van der Waals surface area contributed by atoms with Crippen LogP contribution in [-0.2, 0) is 0 Å². The van der Waals surface area contributed by atoms with E-state index in [-0.39, 0.29) is 0 Å². The fraction of sp³-hybridized carbons (Fsp3) is 0.0714. The van der Waals surface area contributed by atoms with E-state index in [1.807, 2.05) is 19.1 Å². The second-order valence-corrected chi connectivity index (χ2v) is 3.29. The summed E-state index contributed by atoms with van der Waals surface area (Å²) in [5.74, 6) is 0. The zero-order chi connectivity index (χ0) is 12.0. The number of nitrogens with zero attached hydrogens (tertiary/aromatic N) is 1. The third kappa shape index (κ3) is 2.70. The fourth-order valence-corrected chi connectivity index (χ4v) is 1.39. The third-order valence-electron chi connectivity index (χ3n) is 2.11. The topological polar surface area (TPSA) is 24.4 Å². The van der Waals surface area contributed by atoms with Gasteiger partial charge < -0.3 is 5.32 Å². The smallest absolute Gasteiger partial charge is 0.0947 e. The van der Waals surface area contributed by atoms with E-state index < -0.39 is 0 Å². The van der Waals surface area contributed by atoms with Crippen molar-refractivity contribution in [2.45, 2.75) is 6.92 Å². The largest absolute Gasteiger partial charge is 0.357 e. The van der Waals surface area contributed by atoms with Crippen molar-refractivity contribution in [1.82, 2.24) is 5.32 Å². The molecule has 16 heavy (non-hydrogen) atoms. The molecule has 0 aromatic carbocycles. The van der Waals surface area contributed by atoms with E-state index in [0.717, 1.165) is 22.7 Å². The summed E-state index contributed by atoms with van der Waals surface area (Å²) >= 11 is 0. The molecule has 1 aliphatic rings. The van der Waals surface area contributed by atoms with Crippen LogP contribution < -0.4 is 5.32 Å². The first kappa shape index (κ1) is 12.0. The molecule has 0 radical (unpaired) electrons.